The topological polar surface area (TPSA) is 86.8 Å². The Balaban J connectivity index is 1.78. The Morgan fingerprint density at radius 3 is 2.34 bits per heavy atom. The Kier molecular flexibility index (Phi) is 7.32. The van der Waals surface area contributed by atoms with Gasteiger partial charge < -0.3 is 10.2 Å². The lowest BCUT2D eigenvalue weighted by molar-refractivity contribution is -0.138. The summed E-state index contributed by atoms with van der Waals surface area (Å²) in [4.78, 5) is 26.1. The molecule has 0 bridgehead atoms. The van der Waals surface area contributed by atoms with Crippen molar-refractivity contribution in [1.82, 2.24) is 14.5 Å². The molecule has 2 heterocycles. The van der Waals surface area contributed by atoms with E-state index < -0.39 is 33.7 Å². The van der Waals surface area contributed by atoms with Crippen molar-refractivity contribution in [3.8, 4) is 0 Å². The van der Waals surface area contributed by atoms with E-state index in [1.165, 1.54) is 30.0 Å². The number of halogens is 4. The number of piperazine rings is 1. The molecule has 0 spiro atoms. The van der Waals surface area contributed by atoms with Gasteiger partial charge in [0.15, 0.2) is 0 Å². The number of nitrogens with one attached hydrogen (secondary N) is 1. The molecule has 0 radical (unpaired) electrons. The summed E-state index contributed by atoms with van der Waals surface area (Å²) in [7, 11) is -3.99. The minimum atomic E-state index is -4.47. The van der Waals surface area contributed by atoms with Crippen LogP contribution in [0.15, 0.2) is 44.4 Å². The molecule has 3 rings (SSSR count). The van der Waals surface area contributed by atoms with Gasteiger partial charge in [-0.1, -0.05) is 12.1 Å². The Hall–Kier alpha value is -1.96. The standard InChI is InChI=1S/C19H19BrF3N3O4S2/c1-12(27)25-8-9-26(32(29,30)17-7-6-16(20)31-17)15(11-25)18(28)24-10-13-2-4-14(5-3-13)19(21,22)23/h2-7,15H,8-11H2,1H3,(H,24,28). The first-order valence-corrected chi connectivity index (χ1v) is 12.4. The lowest BCUT2D eigenvalue weighted by Crippen LogP contribution is -2.61. The molecule has 1 atom stereocenters. The SMILES string of the molecule is CC(=O)N1CCN(S(=O)(=O)c2ccc(Br)s2)C(C(=O)NCc2ccc(C(F)(F)F)cc2)C1. The van der Waals surface area contributed by atoms with Gasteiger partial charge in [0, 0.05) is 33.1 Å². The number of amides is 2. The number of rotatable bonds is 5. The summed E-state index contributed by atoms with van der Waals surface area (Å²) >= 11 is 4.23. The normalized spacial score (nSPS) is 17.9. The first kappa shape index (κ1) is 24.7. The second-order valence-electron chi connectivity index (χ2n) is 7.07. The van der Waals surface area contributed by atoms with Gasteiger partial charge in [0.05, 0.1) is 9.35 Å². The second kappa shape index (κ2) is 9.49. The van der Waals surface area contributed by atoms with Crippen LogP contribution in [-0.2, 0) is 32.3 Å². The zero-order valence-electron chi connectivity index (χ0n) is 16.7. The quantitative estimate of drug-likeness (QED) is 0.616. The van der Waals surface area contributed by atoms with E-state index >= 15 is 0 Å². The molecule has 0 saturated carbocycles. The third kappa shape index (κ3) is 5.50. The molecule has 1 unspecified atom stereocenters. The minimum Gasteiger partial charge on any atom is -0.351 e. The highest BCUT2D eigenvalue weighted by molar-refractivity contribution is 9.11. The number of sulfonamides is 1. The lowest BCUT2D eigenvalue weighted by atomic mass is 10.1. The maximum absolute atomic E-state index is 13.1. The molecule has 1 aliphatic heterocycles. The van der Waals surface area contributed by atoms with Gasteiger partial charge in [-0.3, -0.25) is 9.59 Å². The van der Waals surface area contributed by atoms with Crippen molar-refractivity contribution in [3.63, 3.8) is 0 Å². The number of carbonyl (C=O) groups is 2. The number of hydrogen-bond donors (Lipinski definition) is 1. The van der Waals surface area contributed by atoms with Gasteiger partial charge in [-0.05, 0) is 45.8 Å². The molecule has 1 saturated heterocycles. The molecule has 7 nitrogen and oxygen atoms in total. The Bertz CT molecular complexity index is 1100. The fourth-order valence-corrected chi connectivity index (χ4v) is 6.93. The molecule has 2 aromatic rings. The molecule has 0 aliphatic carbocycles. The number of hydrogen-bond acceptors (Lipinski definition) is 5. The molecule has 13 heteroatoms. The van der Waals surface area contributed by atoms with Crippen molar-refractivity contribution in [2.75, 3.05) is 19.6 Å². The van der Waals surface area contributed by atoms with Crippen LogP contribution in [0.25, 0.3) is 0 Å². The summed E-state index contributed by atoms with van der Waals surface area (Å²) in [6.45, 7) is 1.20. The van der Waals surface area contributed by atoms with Crippen LogP contribution in [0.1, 0.15) is 18.1 Å². The highest BCUT2D eigenvalue weighted by Crippen LogP contribution is 2.31. The van der Waals surface area contributed by atoms with Crippen LogP contribution >= 0.6 is 27.3 Å². The van der Waals surface area contributed by atoms with Crippen molar-refractivity contribution in [2.45, 2.75) is 29.9 Å². The third-order valence-electron chi connectivity index (χ3n) is 4.94. The maximum Gasteiger partial charge on any atom is 0.416 e. The maximum atomic E-state index is 13.1. The van der Waals surface area contributed by atoms with E-state index in [9.17, 15) is 31.2 Å². The molecule has 1 N–H and O–H groups in total. The third-order valence-corrected chi connectivity index (χ3v) is 8.94. The van der Waals surface area contributed by atoms with Crippen molar-refractivity contribution < 1.29 is 31.2 Å². The summed E-state index contributed by atoms with van der Waals surface area (Å²) < 4.78 is 66.1. The first-order valence-electron chi connectivity index (χ1n) is 9.36. The average molecular weight is 554 g/mol. The van der Waals surface area contributed by atoms with E-state index in [0.717, 1.165) is 27.8 Å². The highest BCUT2D eigenvalue weighted by Gasteiger charge is 2.41. The molecule has 174 valence electrons. The number of nitrogens with zero attached hydrogens (tertiary/aromatic N) is 2. The number of thiophene rings is 1. The predicted octanol–water partition coefficient (Wildman–Crippen LogP) is 3.07. The average Bonchev–Trinajstić information content (AvgIpc) is 3.18. The smallest absolute Gasteiger partial charge is 0.351 e. The summed E-state index contributed by atoms with van der Waals surface area (Å²) in [6.07, 6.45) is -4.47. The van der Waals surface area contributed by atoms with Crippen molar-refractivity contribution in [2.24, 2.45) is 0 Å². The van der Waals surface area contributed by atoms with Gasteiger partial charge in [-0.2, -0.15) is 17.5 Å². The van der Waals surface area contributed by atoms with Crippen molar-refractivity contribution in [3.05, 3.63) is 51.3 Å². The van der Waals surface area contributed by atoms with E-state index in [4.69, 9.17) is 0 Å². The zero-order valence-corrected chi connectivity index (χ0v) is 19.9. The first-order chi connectivity index (χ1) is 14.9. The molecule has 1 aromatic carbocycles. The van der Waals surface area contributed by atoms with Gasteiger partial charge >= 0.3 is 6.18 Å². The summed E-state index contributed by atoms with van der Waals surface area (Å²) in [5, 5.41) is 2.57. The van der Waals surface area contributed by atoms with Crippen LogP contribution < -0.4 is 5.32 Å². The van der Waals surface area contributed by atoms with Crippen molar-refractivity contribution in [1.29, 1.82) is 0 Å². The number of alkyl halides is 3. The van der Waals surface area contributed by atoms with Crippen molar-refractivity contribution >= 4 is 49.1 Å². The summed E-state index contributed by atoms with van der Waals surface area (Å²) in [5.41, 5.74) is -0.390. The van der Waals surface area contributed by atoms with Crippen LogP contribution in [0.4, 0.5) is 13.2 Å². The molecule has 1 fully saturated rings. The van der Waals surface area contributed by atoms with E-state index in [2.05, 4.69) is 21.2 Å². The van der Waals surface area contributed by atoms with E-state index in [0.29, 0.717) is 9.35 Å². The lowest BCUT2D eigenvalue weighted by Gasteiger charge is -2.39. The van der Waals surface area contributed by atoms with E-state index in [1.54, 1.807) is 6.07 Å². The van der Waals surface area contributed by atoms with Gasteiger partial charge in [0.1, 0.15) is 10.3 Å². The fraction of sp³-hybridized carbons (Fsp3) is 0.368. The summed E-state index contributed by atoms with van der Waals surface area (Å²) in [6, 6.07) is 6.14. The Labute approximate surface area is 195 Å². The van der Waals surface area contributed by atoms with Gasteiger partial charge in [-0.25, -0.2) is 8.42 Å². The number of benzene rings is 1. The van der Waals surface area contributed by atoms with Crippen LogP contribution in [0.3, 0.4) is 0 Å². The molecular formula is C19H19BrF3N3O4S2. The fourth-order valence-electron chi connectivity index (χ4n) is 3.22. The van der Waals surface area contributed by atoms with Gasteiger partial charge in [0.2, 0.25) is 11.8 Å². The van der Waals surface area contributed by atoms with Crippen LogP contribution in [0.2, 0.25) is 0 Å². The van der Waals surface area contributed by atoms with Crippen LogP contribution in [0, 0.1) is 0 Å². The minimum absolute atomic E-state index is 0.0567. The molecular weight excluding hydrogens is 535 g/mol. The Morgan fingerprint density at radius 2 is 1.81 bits per heavy atom. The van der Waals surface area contributed by atoms with Crippen LogP contribution in [-0.4, -0.2) is 55.1 Å². The zero-order chi connectivity index (χ0) is 23.7. The summed E-state index contributed by atoms with van der Waals surface area (Å²) in [5.74, 6) is -0.934. The monoisotopic (exact) mass is 553 g/mol. The van der Waals surface area contributed by atoms with Crippen LogP contribution in [0.5, 0.6) is 0 Å². The molecule has 1 aromatic heterocycles. The second-order valence-corrected chi connectivity index (χ2v) is 11.6. The molecule has 2 amide bonds. The number of carbonyl (C=O) groups excluding carboxylic acids is 2. The van der Waals surface area contributed by atoms with E-state index in [1.807, 2.05) is 0 Å². The molecule has 32 heavy (non-hydrogen) atoms. The Morgan fingerprint density at radius 1 is 1.16 bits per heavy atom. The van der Waals surface area contributed by atoms with E-state index in [-0.39, 0.29) is 36.3 Å². The van der Waals surface area contributed by atoms with Gasteiger partial charge in [-0.15, -0.1) is 11.3 Å². The predicted molar refractivity (Wildman–Crippen MR) is 115 cm³/mol. The molecule has 1 aliphatic rings. The van der Waals surface area contributed by atoms with Gasteiger partial charge in [0.25, 0.3) is 10.0 Å². The largest absolute Gasteiger partial charge is 0.416 e. The highest BCUT2D eigenvalue weighted by atomic mass is 79.9.